The topological polar surface area (TPSA) is 245 Å². The number of unbranched alkanes of at least 4 members (excludes halogenated alkanes) is 2. The zero-order chi connectivity index (χ0) is 37.2. The summed E-state index contributed by atoms with van der Waals surface area (Å²) >= 11 is 0. The van der Waals surface area contributed by atoms with E-state index >= 15 is 0 Å². The van der Waals surface area contributed by atoms with Crippen LogP contribution in [0.5, 0.6) is 0 Å². The number of hydrogen-bond donors (Lipinski definition) is 5. The van der Waals surface area contributed by atoms with E-state index in [2.05, 4.69) is 85.6 Å². The molecule has 2 aromatic heterocycles. The fourth-order valence-electron chi connectivity index (χ4n) is 4.50. The van der Waals surface area contributed by atoms with E-state index in [-0.39, 0.29) is 29.8 Å². The van der Waals surface area contributed by atoms with Crippen LogP contribution in [0, 0.1) is 12.3 Å². The highest BCUT2D eigenvalue weighted by Crippen LogP contribution is 2.60. The third-order valence-electron chi connectivity index (χ3n) is 7.46. The number of nitrogen functional groups attached to an aromatic ring is 1. The van der Waals surface area contributed by atoms with Crippen LogP contribution >= 0.6 is 15.6 Å². The molecule has 0 spiro atoms. The van der Waals surface area contributed by atoms with Gasteiger partial charge in [0, 0.05) is 12.8 Å². The van der Waals surface area contributed by atoms with Gasteiger partial charge >= 0.3 is 21.6 Å². The monoisotopic (exact) mass is 737 g/mol. The molecular formula is C29H53N7O11P2. The van der Waals surface area contributed by atoms with E-state index < -0.39 is 52.8 Å². The molecule has 3 heterocycles. The van der Waals surface area contributed by atoms with Crippen LogP contribution in [0.1, 0.15) is 73.5 Å². The number of aliphatic hydroxyl groups is 2. The molecule has 3 rings (SSSR count). The highest BCUT2D eigenvalue weighted by Gasteiger charge is 2.46. The molecule has 6 N–H and O–H groups in total. The number of phosphoric ester groups is 2. The second kappa shape index (κ2) is 22.3. The summed E-state index contributed by atoms with van der Waals surface area (Å²) in [5, 5.41) is 20.7. The lowest BCUT2D eigenvalue weighted by Crippen LogP contribution is -2.33. The molecule has 280 valence electrons. The second-order valence-electron chi connectivity index (χ2n) is 10.6. The SMILES string of the molecule is C#CCCCCC(=O)OP(=O)(O)OP(=O)(O)OCC1OC(n2cnc3c(N)ncnc32)C(O)C1O.CCN(CC)CC.CCN(CC)CC. The summed E-state index contributed by atoms with van der Waals surface area (Å²) in [5.74, 6) is 1.28. The number of imidazole rings is 1. The highest BCUT2D eigenvalue weighted by atomic mass is 31.3. The molecule has 0 aliphatic carbocycles. The number of hydrogen-bond acceptors (Lipinski definition) is 15. The van der Waals surface area contributed by atoms with Gasteiger partial charge in [-0.1, -0.05) is 41.5 Å². The molecule has 6 atom stereocenters. The third-order valence-corrected chi connectivity index (χ3v) is 10.0. The van der Waals surface area contributed by atoms with Gasteiger partial charge < -0.3 is 39.9 Å². The average Bonchev–Trinajstić information content (AvgIpc) is 3.61. The van der Waals surface area contributed by atoms with Gasteiger partial charge in [0.2, 0.25) is 0 Å². The van der Waals surface area contributed by atoms with Crippen molar-refractivity contribution in [2.45, 2.75) is 91.8 Å². The molecule has 1 saturated heterocycles. The molecule has 1 aliphatic rings. The van der Waals surface area contributed by atoms with Gasteiger partial charge in [-0.3, -0.25) is 18.8 Å². The fourth-order valence-corrected chi connectivity index (χ4v) is 6.55. The predicted molar refractivity (Wildman–Crippen MR) is 183 cm³/mol. The van der Waals surface area contributed by atoms with Gasteiger partial charge in [0.05, 0.1) is 12.9 Å². The van der Waals surface area contributed by atoms with Crippen molar-refractivity contribution in [1.29, 1.82) is 0 Å². The Kier molecular flexibility index (Phi) is 20.3. The molecule has 0 radical (unpaired) electrons. The second-order valence-corrected chi connectivity index (χ2v) is 13.5. The van der Waals surface area contributed by atoms with Crippen molar-refractivity contribution in [3.8, 4) is 12.3 Å². The lowest BCUT2D eigenvalue weighted by Gasteiger charge is -2.19. The first kappa shape index (κ1) is 44.5. The molecule has 18 nitrogen and oxygen atoms in total. The number of nitrogens with two attached hydrogens (primary N) is 1. The first-order chi connectivity index (χ1) is 23.1. The van der Waals surface area contributed by atoms with E-state index in [1.807, 2.05) is 0 Å². The Labute approximate surface area is 288 Å². The number of phosphoric acid groups is 2. The van der Waals surface area contributed by atoms with Crippen molar-refractivity contribution in [1.82, 2.24) is 29.3 Å². The lowest BCUT2D eigenvalue weighted by molar-refractivity contribution is -0.135. The number of ether oxygens (including phenoxy) is 1. The first-order valence-corrected chi connectivity index (χ1v) is 19.2. The van der Waals surface area contributed by atoms with E-state index in [4.69, 9.17) is 16.9 Å². The summed E-state index contributed by atoms with van der Waals surface area (Å²) in [7, 11) is -10.6. The van der Waals surface area contributed by atoms with Gasteiger partial charge in [-0.2, -0.15) is 4.31 Å². The van der Waals surface area contributed by atoms with E-state index in [9.17, 15) is 33.9 Å². The number of carbonyl (C=O) groups excluding carboxylic acids is 1. The number of nitrogens with zero attached hydrogens (tertiary/aromatic N) is 6. The molecule has 0 bridgehead atoms. The maximum Gasteiger partial charge on any atom is 0.538 e. The summed E-state index contributed by atoms with van der Waals surface area (Å²) in [6.45, 7) is 19.4. The molecule has 1 fully saturated rings. The number of carbonyl (C=O) groups is 1. The lowest BCUT2D eigenvalue weighted by atomic mass is 10.1. The summed E-state index contributed by atoms with van der Waals surface area (Å²) in [6.07, 6.45) is 2.54. The van der Waals surface area contributed by atoms with Gasteiger partial charge in [-0.25, -0.2) is 24.1 Å². The number of aliphatic hydroxyl groups excluding tert-OH is 2. The van der Waals surface area contributed by atoms with E-state index in [1.54, 1.807) is 0 Å². The Morgan fingerprint density at radius 3 is 2.04 bits per heavy atom. The molecule has 6 unspecified atom stereocenters. The quantitative estimate of drug-likeness (QED) is 0.0890. The number of rotatable bonds is 17. The van der Waals surface area contributed by atoms with E-state index in [0.717, 1.165) is 6.33 Å². The Morgan fingerprint density at radius 1 is 0.959 bits per heavy atom. The van der Waals surface area contributed by atoms with Crippen molar-refractivity contribution < 1.29 is 52.0 Å². The highest BCUT2D eigenvalue weighted by molar-refractivity contribution is 7.61. The van der Waals surface area contributed by atoms with Crippen molar-refractivity contribution in [3.05, 3.63) is 12.7 Å². The maximum absolute atomic E-state index is 12.1. The van der Waals surface area contributed by atoms with Gasteiger partial charge in [-0.05, 0) is 52.1 Å². The Hall–Kier alpha value is -2.52. The normalized spacial score (nSPS) is 21.2. The average molecular weight is 738 g/mol. The molecule has 0 amide bonds. The Balaban J connectivity index is 0.000000717. The van der Waals surface area contributed by atoms with Gasteiger partial charge in [0.15, 0.2) is 17.7 Å². The van der Waals surface area contributed by atoms with Crippen LogP contribution in [0.25, 0.3) is 11.2 Å². The molecule has 0 saturated carbocycles. The predicted octanol–water partition coefficient (Wildman–Crippen LogP) is 2.69. The Bertz CT molecular complexity index is 1380. The minimum atomic E-state index is -5.32. The zero-order valence-electron chi connectivity index (χ0n) is 29.1. The van der Waals surface area contributed by atoms with Crippen LogP contribution in [-0.4, -0.2) is 119 Å². The van der Waals surface area contributed by atoms with Crippen LogP contribution in [-0.2, 0) is 32.0 Å². The fraction of sp³-hybridized carbons (Fsp3) is 0.724. The summed E-state index contributed by atoms with van der Waals surface area (Å²) in [6, 6.07) is 0. The van der Waals surface area contributed by atoms with Crippen LogP contribution in [0.2, 0.25) is 0 Å². The zero-order valence-corrected chi connectivity index (χ0v) is 30.9. The van der Waals surface area contributed by atoms with Crippen LogP contribution in [0.15, 0.2) is 12.7 Å². The Morgan fingerprint density at radius 2 is 1.53 bits per heavy atom. The molecule has 1 aliphatic heterocycles. The minimum Gasteiger partial charge on any atom is -0.387 e. The van der Waals surface area contributed by atoms with Gasteiger partial charge in [0.1, 0.15) is 30.2 Å². The number of terminal acetylenes is 1. The van der Waals surface area contributed by atoms with E-state index in [0.29, 0.717) is 12.8 Å². The summed E-state index contributed by atoms with van der Waals surface area (Å²) in [5.41, 5.74) is 6.12. The largest absolute Gasteiger partial charge is 0.538 e. The molecule has 20 heteroatoms. The maximum atomic E-state index is 12.1. The smallest absolute Gasteiger partial charge is 0.387 e. The first-order valence-electron chi connectivity index (χ1n) is 16.2. The summed E-state index contributed by atoms with van der Waals surface area (Å²) < 4.78 is 43.7. The summed E-state index contributed by atoms with van der Waals surface area (Å²) in [4.78, 5) is 47.5. The van der Waals surface area contributed by atoms with E-state index in [1.165, 1.54) is 50.2 Å². The van der Waals surface area contributed by atoms with Crippen molar-refractivity contribution >= 4 is 38.6 Å². The molecule has 0 aromatic carbocycles. The van der Waals surface area contributed by atoms with Crippen LogP contribution in [0.4, 0.5) is 5.82 Å². The number of fused-ring (bicyclic) bond motifs is 1. The molecular weight excluding hydrogens is 684 g/mol. The van der Waals surface area contributed by atoms with Crippen molar-refractivity contribution in [2.75, 3.05) is 51.6 Å². The van der Waals surface area contributed by atoms with Crippen LogP contribution < -0.4 is 5.73 Å². The molecule has 2 aromatic rings. The van der Waals surface area contributed by atoms with Crippen LogP contribution in [0.3, 0.4) is 0 Å². The number of anilines is 1. The van der Waals surface area contributed by atoms with Gasteiger partial charge in [0.25, 0.3) is 0 Å². The van der Waals surface area contributed by atoms with Crippen molar-refractivity contribution in [2.24, 2.45) is 0 Å². The number of aromatic nitrogens is 4. The third kappa shape index (κ3) is 15.1. The van der Waals surface area contributed by atoms with Crippen molar-refractivity contribution in [3.63, 3.8) is 0 Å². The minimum absolute atomic E-state index is 0.0711. The standard InChI is InChI=1S/C17H23N5O11P2.2C6H15N/c1-2-3-4-5-6-11(23)32-35(28,29)33-34(26,27)30-7-10-13(24)14(25)17(31-10)22-9-21-12-15(18)19-8-20-16(12)22;2*1-4-7(5-2)6-3/h1,8-10,13-14,17,24-25H,3-7H2,(H,26,27)(H,28,29)(H2,18,19,20);2*4-6H2,1-3H3. The van der Waals surface area contributed by atoms with Gasteiger partial charge in [-0.15, -0.1) is 12.3 Å². The molecule has 49 heavy (non-hydrogen) atoms.